The van der Waals surface area contributed by atoms with Crippen LogP contribution in [0.25, 0.3) is 0 Å². The SMILES string of the molecule is CCCn1ncnc1CC(CCl)Cc1ccc(Cl)cc1. The van der Waals surface area contributed by atoms with Gasteiger partial charge in [-0.2, -0.15) is 5.10 Å². The van der Waals surface area contributed by atoms with Crippen LogP contribution in [-0.4, -0.2) is 20.6 Å². The quantitative estimate of drug-likeness (QED) is 0.724. The summed E-state index contributed by atoms with van der Waals surface area (Å²) in [4.78, 5) is 4.35. The highest BCUT2D eigenvalue weighted by atomic mass is 35.5. The molecule has 108 valence electrons. The van der Waals surface area contributed by atoms with Gasteiger partial charge < -0.3 is 0 Å². The molecule has 0 aliphatic heterocycles. The number of benzene rings is 1. The molecule has 1 unspecified atom stereocenters. The molecular formula is C15H19Cl2N3. The highest BCUT2D eigenvalue weighted by Crippen LogP contribution is 2.17. The fourth-order valence-corrected chi connectivity index (χ4v) is 2.58. The fourth-order valence-electron chi connectivity index (χ4n) is 2.24. The molecule has 0 saturated carbocycles. The van der Waals surface area contributed by atoms with Crippen LogP contribution in [0.2, 0.25) is 5.02 Å². The molecule has 0 N–H and O–H groups in total. The molecule has 0 aliphatic carbocycles. The number of hydrogen-bond acceptors (Lipinski definition) is 2. The Bertz CT molecular complexity index is 522. The van der Waals surface area contributed by atoms with E-state index in [0.29, 0.717) is 11.8 Å². The highest BCUT2D eigenvalue weighted by Gasteiger charge is 2.14. The van der Waals surface area contributed by atoms with Crippen LogP contribution in [0.5, 0.6) is 0 Å². The van der Waals surface area contributed by atoms with Crippen LogP contribution in [0.4, 0.5) is 0 Å². The van der Waals surface area contributed by atoms with E-state index in [0.717, 1.165) is 36.7 Å². The van der Waals surface area contributed by atoms with Crippen molar-refractivity contribution in [3.05, 3.63) is 47.0 Å². The van der Waals surface area contributed by atoms with Crippen molar-refractivity contribution in [2.75, 3.05) is 5.88 Å². The van der Waals surface area contributed by atoms with E-state index in [1.54, 1.807) is 6.33 Å². The Morgan fingerprint density at radius 2 is 1.95 bits per heavy atom. The highest BCUT2D eigenvalue weighted by molar-refractivity contribution is 6.30. The summed E-state index contributed by atoms with van der Waals surface area (Å²) in [6.07, 6.45) is 4.46. The minimum Gasteiger partial charge on any atom is -0.250 e. The smallest absolute Gasteiger partial charge is 0.138 e. The third-order valence-electron chi connectivity index (χ3n) is 3.26. The van der Waals surface area contributed by atoms with Gasteiger partial charge in [0.15, 0.2) is 0 Å². The second-order valence-electron chi connectivity index (χ2n) is 4.95. The second kappa shape index (κ2) is 7.65. The van der Waals surface area contributed by atoms with Crippen LogP contribution in [0.15, 0.2) is 30.6 Å². The van der Waals surface area contributed by atoms with E-state index >= 15 is 0 Å². The molecular weight excluding hydrogens is 293 g/mol. The average Bonchev–Trinajstić information content (AvgIpc) is 2.88. The normalized spacial score (nSPS) is 12.6. The number of aryl methyl sites for hydroxylation is 1. The predicted molar refractivity (Wildman–Crippen MR) is 83.4 cm³/mol. The van der Waals surface area contributed by atoms with Crippen molar-refractivity contribution in [3.63, 3.8) is 0 Å². The Morgan fingerprint density at radius 3 is 2.60 bits per heavy atom. The minimum absolute atomic E-state index is 0.359. The fraction of sp³-hybridized carbons (Fsp3) is 0.467. The van der Waals surface area contributed by atoms with Crippen LogP contribution >= 0.6 is 23.2 Å². The Hall–Kier alpha value is -1.06. The number of halogens is 2. The van der Waals surface area contributed by atoms with Gasteiger partial charge in [-0.3, -0.25) is 4.68 Å². The van der Waals surface area contributed by atoms with Crippen LogP contribution in [0.3, 0.4) is 0 Å². The first-order valence-electron chi connectivity index (χ1n) is 6.90. The average molecular weight is 312 g/mol. The maximum atomic E-state index is 6.11. The zero-order chi connectivity index (χ0) is 14.4. The minimum atomic E-state index is 0.359. The van der Waals surface area contributed by atoms with E-state index in [1.165, 1.54) is 5.56 Å². The van der Waals surface area contributed by atoms with Crippen molar-refractivity contribution in [2.45, 2.75) is 32.7 Å². The number of rotatable bonds is 7. The van der Waals surface area contributed by atoms with Crippen LogP contribution in [0, 0.1) is 5.92 Å². The number of hydrogen-bond donors (Lipinski definition) is 0. The van der Waals surface area contributed by atoms with Gasteiger partial charge in [0, 0.05) is 23.9 Å². The molecule has 1 heterocycles. The topological polar surface area (TPSA) is 30.7 Å². The molecule has 5 heteroatoms. The van der Waals surface area contributed by atoms with Gasteiger partial charge in [-0.25, -0.2) is 4.98 Å². The molecule has 3 nitrogen and oxygen atoms in total. The molecule has 2 rings (SSSR count). The van der Waals surface area contributed by atoms with Gasteiger partial charge in [-0.1, -0.05) is 30.7 Å². The Kier molecular flexibility index (Phi) is 5.86. The lowest BCUT2D eigenvalue weighted by atomic mass is 9.97. The van der Waals surface area contributed by atoms with E-state index in [2.05, 4.69) is 29.1 Å². The van der Waals surface area contributed by atoms with Crippen molar-refractivity contribution < 1.29 is 0 Å². The van der Waals surface area contributed by atoms with Crippen molar-refractivity contribution in [1.29, 1.82) is 0 Å². The maximum absolute atomic E-state index is 6.11. The molecule has 0 saturated heterocycles. The lowest BCUT2D eigenvalue weighted by Crippen LogP contribution is -2.15. The van der Waals surface area contributed by atoms with Crippen molar-refractivity contribution in [1.82, 2.24) is 14.8 Å². The standard InChI is InChI=1S/C15H19Cl2N3/c1-2-7-20-15(18-11-19-20)9-13(10-16)8-12-3-5-14(17)6-4-12/h3-6,11,13H,2,7-10H2,1H3. The van der Waals surface area contributed by atoms with E-state index in [-0.39, 0.29) is 0 Å². The molecule has 0 fully saturated rings. The van der Waals surface area contributed by atoms with E-state index < -0.39 is 0 Å². The summed E-state index contributed by atoms with van der Waals surface area (Å²) in [6.45, 7) is 3.05. The molecule has 0 spiro atoms. The van der Waals surface area contributed by atoms with Gasteiger partial charge in [0.2, 0.25) is 0 Å². The molecule has 0 bridgehead atoms. The van der Waals surface area contributed by atoms with Gasteiger partial charge in [0.1, 0.15) is 12.2 Å². The van der Waals surface area contributed by atoms with E-state index in [4.69, 9.17) is 23.2 Å². The molecule has 2 aromatic rings. The van der Waals surface area contributed by atoms with E-state index in [9.17, 15) is 0 Å². The molecule has 20 heavy (non-hydrogen) atoms. The third kappa shape index (κ3) is 4.22. The molecule has 0 aliphatic rings. The zero-order valence-corrected chi connectivity index (χ0v) is 13.1. The molecule has 1 aromatic heterocycles. The lowest BCUT2D eigenvalue weighted by molar-refractivity contribution is 0.508. The Labute approximate surface area is 129 Å². The summed E-state index contributed by atoms with van der Waals surface area (Å²) in [6, 6.07) is 7.95. The van der Waals surface area contributed by atoms with Gasteiger partial charge >= 0.3 is 0 Å². The summed E-state index contributed by atoms with van der Waals surface area (Å²) in [5, 5.41) is 5.02. The summed E-state index contributed by atoms with van der Waals surface area (Å²) in [5.74, 6) is 1.99. The first-order valence-corrected chi connectivity index (χ1v) is 7.81. The first-order chi connectivity index (χ1) is 9.72. The summed E-state index contributed by atoms with van der Waals surface area (Å²) in [5.41, 5.74) is 1.25. The Balaban J connectivity index is 2.01. The van der Waals surface area contributed by atoms with Crippen LogP contribution in [0.1, 0.15) is 24.7 Å². The van der Waals surface area contributed by atoms with Crippen molar-refractivity contribution in [3.8, 4) is 0 Å². The van der Waals surface area contributed by atoms with Crippen molar-refractivity contribution in [2.24, 2.45) is 5.92 Å². The molecule has 0 amide bonds. The first kappa shape index (κ1) is 15.3. The molecule has 0 radical (unpaired) electrons. The predicted octanol–water partition coefficient (Wildman–Crippen LogP) is 3.98. The molecule has 1 aromatic carbocycles. The van der Waals surface area contributed by atoms with Crippen LogP contribution in [-0.2, 0) is 19.4 Å². The third-order valence-corrected chi connectivity index (χ3v) is 3.95. The summed E-state index contributed by atoms with van der Waals surface area (Å²) >= 11 is 12.0. The molecule has 1 atom stereocenters. The van der Waals surface area contributed by atoms with Gasteiger partial charge in [-0.15, -0.1) is 11.6 Å². The van der Waals surface area contributed by atoms with Gasteiger partial charge in [0.05, 0.1) is 0 Å². The number of alkyl halides is 1. The summed E-state index contributed by atoms with van der Waals surface area (Å²) < 4.78 is 1.97. The largest absolute Gasteiger partial charge is 0.250 e. The summed E-state index contributed by atoms with van der Waals surface area (Å²) in [7, 11) is 0. The van der Waals surface area contributed by atoms with Crippen molar-refractivity contribution >= 4 is 23.2 Å². The number of nitrogens with zero attached hydrogens (tertiary/aromatic N) is 3. The Morgan fingerprint density at radius 1 is 1.20 bits per heavy atom. The lowest BCUT2D eigenvalue weighted by Gasteiger charge is -2.14. The van der Waals surface area contributed by atoms with E-state index in [1.807, 2.05) is 16.8 Å². The number of aromatic nitrogens is 3. The monoisotopic (exact) mass is 311 g/mol. The van der Waals surface area contributed by atoms with Gasteiger partial charge in [0.25, 0.3) is 0 Å². The maximum Gasteiger partial charge on any atom is 0.138 e. The second-order valence-corrected chi connectivity index (χ2v) is 5.70. The van der Waals surface area contributed by atoms with Crippen LogP contribution < -0.4 is 0 Å². The zero-order valence-electron chi connectivity index (χ0n) is 11.6. The van der Waals surface area contributed by atoms with Gasteiger partial charge in [-0.05, 0) is 36.5 Å².